The van der Waals surface area contributed by atoms with Crippen LogP contribution in [0.3, 0.4) is 0 Å². The standard InChI is InChI=1S/C7H17NOS/c1-3-9-5-4-7(8)6-10-2/h7H,3-6,8H2,1-2H3. The minimum atomic E-state index is 0.307. The Bertz CT molecular complexity index is 70.6. The molecule has 1 atom stereocenters. The van der Waals surface area contributed by atoms with Gasteiger partial charge in [-0.05, 0) is 19.6 Å². The molecular formula is C7H17NOS. The van der Waals surface area contributed by atoms with Crippen LogP contribution in [0.25, 0.3) is 0 Å². The van der Waals surface area contributed by atoms with E-state index in [0.29, 0.717) is 6.04 Å². The Morgan fingerprint density at radius 2 is 2.30 bits per heavy atom. The average molecular weight is 163 g/mol. The average Bonchev–Trinajstić information content (AvgIpc) is 1.89. The van der Waals surface area contributed by atoms with E-state index in [4.69, 9.17) is 10.5 Å². The molecule has 10 heavy (non-hydrogen) atoms. The molecule has 0 heterocycles. The molecule has 0 aliphatic heterocycles. The molecule has 0 saturated carbocycles. The highest BCUT2D eigenvalue weighted by Crippen LogP contribution is 1.98. The molecule has 62 valence electrons. The monoisotopic (exact) mass is 163 g/mol. The largest absolute Gasteiger partial charge is 0.382 e. The molecule has 1 unspecified atom stereocenters. The van der Waals surface area contributed by atoms with Gasteiger partial charge in [-0.2, -0.15) is 11.8 Å². The molecule has 0 aliphatic carbocycles. The summed E-state index contributed by atoms with van der Waals surface area (Å²) in [6, 6.07) is 0.307. The smallest absolute Gasteiger partial charge is 0.0480 e. The maximum atomic E-state index is 5.72. The minimum Gasteiger partial charge on any atom is -0.382 e. The Labute approximate surface area is 67.5 Å². The van der Waals surface area contributed by atoms with Crippen LogP contribution >= 0.6 is 11.8 Å². The van der Waals surface area contributed by atoms with Crippen molar-refractivity contribution < 1.29 is 4.74 Å². The van der Waals surface area contributed by atoms with Gasteiger partial charge in [0, 0.05) is 25.0 Å². The first-order valence-electron chi connectivity index (χ1n) is 3.63. The van der Waals surface area contributed by atoms with E-state index < -0.39 is 0 Å². The van der Waals surface area contributed by atoms with Gasteiger partial charge < -0.3 is 10.5 Å². The van der Waals surface area contributed by atoms with Crippen LogP contribution in [0, 0.1) is 0 Å². The summed E-state index contributed by atoms with van der Waals surface area (Å²) in [5.74, 6) is 1.03. The predicted octanol–water partition coefficient (Wildman–Crippen LogP) is 1.10. The highest BCUT2D eigenvalue weighted by molar-refractivity contribution is 7.98. The van der Waals surface area contributed by atoms with Crippen molar-refractivity contribution in [1.29, 1.82) is 0 Å². The number of ether oxygens (including phenoxy) is 1. The van der Waals surface area contributed by atoms with Crippen LogP contribution in [-0.2, 0) is 4.74 Å². The van der Waals surface area contributed by atoms with Crippen LogP contribution in [0.5, 0.6) is 0 Å². The van der Waals surface area contributed by atoms with Gasteiger partial charge in [-0.1, -0.05) is 0 Å². The zero-order valence-electron chi connectivity index (χ0n) is 6.80. The van der Waals surface area contributed by atoms with Crippen molar-refractivity contribution in [2.45, 2.75) is 19.4 Å². The van der Waals surface area contributed by atoms with Crippen LogP contribution in [0.4, 0.5) is 0 Å². The summed E-state index contributed by atoms with van der Waals surface area (Å²) in [4.78, 5) is 0. The van der Waals surface area contributed by atoms with Crippen molar-refractivity contribution in [3.05, 3.63) is 0 Å². The normalized spacial score (nSPS) is 13.5. The van der Waals surface area contributed by atoms with E-state index in [1.807, 2.05) is 6.92 Å². The molecule has 0 saturated heterocycles. The second-order valence-electron chi connectivity index (χ2n) is 2.20. The molecule has 0 fully saturated rings. The summed E-state index contributed by atoms with van der Waals surface area (Å²) in [6.45, 7) is 3.60. The molecule has 0 aromatic carbocycles. The first-order chi connectivity index (χ1) is 4.81. The molecule has 2 N–H and O–H groups in total. The van der Waals surface area contributed by atoms with Crippen molar-refractivity contribution in [2.75, 3.05) is 25.2 Å². The Kier molecular flexibility index (Phi) is 7.58. The first-order valence-corrected chi connectivity index (χ1v) is 5.03. The molecule has 0 aromatic heterocycles. The molecule has 0 bridgehead atoms. The summed E-state index contributed by atoms with van der Waals surface area (Å²) in [5.41, 5.74) is 5.72. The second-order valence-corrected chi connectivity index (χ2v) is 3.11. The van der Waals surface area contributed by atoms with Gasteiger partial charge in [0.25, 0.3) is 0 Å². The molecule has 0 amide bonds. The van der Waals surface area contributed by atoms with Crippen molar-refractivity contribution >= 4 is 11.8 Å². The fourth-order valence-corrected chi connectivity index (χ4v) is 1.27. The van der Waals surface area contributed by atoms with Crippen LogP contribution < -0.4 is 5.73 Å². The SMILES string of the molecule is CCOCCC(N)CSC. The molecule has 0 rings (SSSR count). The third-order valence-electron chi connectivity index (χ3n) is 1.22. The Morgan fingerprint density at radius 1 is 1.60 bits per heavy atom. The third kappa shape index (κ3) is 6.39. The van der Waals surface area contributed by atoms with Crippen molar-refractivity contribution in [1.82, 2.24) is 0 Å². The maximum Gasteiger partial charge on any atom is 0.0480 e. The summed E-state index contributed by atoms with van der Waals surface area (Å²) < 4.78 is 5.16. The van der Waals surface area contributed by atoms with Crippen LogP contribution in [0.1, 0.15) is 13.3 Å². The maximum absolute atomic E-state index is 5.72. The van der Waals surface area contributed by atoms with Gasteiger partial charge in [-0.3, -0.25) is 0 Å². The first kappa shape index (κ1) is 10.3. The van der Waals surface area contributed by atoms with E-state index in [0.717, 1.165) is 25.4 Å². The van der Waals surface area contributed by atoms with Crippen molar-refractivity contribution in [3.63, 3.8) is 0 Å². The highest BCUT2D eigenvalue weighted by Gasteiger charge is 1.99. The highest BCUT2D eigenvalue weighted by atomic mass is 32.2. The Morgan fingerprint density at radius 3 is 2.80 bits per heavy atom. The van der Waals surface area contributed by atoms with Gasteiger partial charge in [0.05, 0.1) is 0 Å². The minimum absolute atomic E-state index is 0.307. The molecule has 2 nitrogen and oxygen atoms in total. The summed E-state index contributed by atoms with van der Waals surface area (Å²) in [6.07, 6.45) is 3.05. The van der Waals surface area contributed by atoms with Gasteiger partial charge in [0.1, 0.15) is 0 Å². The van der Waals surface area contributed by atoms with E-state index in [-0.39, 0.29) is 0 Å². The predicted molar refractivity (Wildman–Crippen MR) is 47.5 cm³/mol. The summed E-state index contributed by atoms with van der Waals surface area (Å²) in [5, 5.41) is 0. The number of nitrogens with two attached hydrogens (primary N) is 1. The van der Waals surface area contributed by atoms with Gasteiger partial charge in [-0.15, -0.1) is 0 Å². The lowest BCUT2D eigenvalue weighted by Crippen LogP contribution is -2.24. The zero-order valence-corrected chi connectivity index (χ0v) is 7.62. The number of hydrogen-bond acceptors (Lipinski definition) is 3. The molecule has 0 aromatic rings. The van der Waals surface area contributed by atoms with E-state index in [2.05, 4.69) is 6.26 Å². The molecular weight excluding hydrogens is 146 g/mol. The van der Waals surface area contributed by atoms with Crippen LogP contribution in [0.15, 0.2) is 0 Å². The fourth-order valence-electron chi connectivity index (χ4n) is 0.676. The fraction of sp³-hybridized carbons (Fsp3) is 1.00. The number of rotatable bonds is 6. The summed E-state index contributed by atoms with van der Waals surface area (Å²) in [7, 11) is 0. The van der Waals surface area contributed by atoms with E-state index in [1.165, 1.54) is 0 Å². The zero-order chi connectivity index (χ0) is 7.82. The number of hydrogen-bond donors (Lipinski definition) is 1. The van der Waals surface area contributed by atoms with E-state index in [1.54, 1.807) is 11.8 Å². The third-order valence-corrected chi connectivity index (χ3v) is 1.98. The van der Waals surface area contributed by atoms with Crippen LogP contribution in [-0.4, -0.2) is 31.3 Å². The lowest BCUT2D eigenvalue weighted by Gasteiger charge is -2.08. The quantitative estimate of drug-likeness (QED) is 0.596. The van der Waals surface area contributed by atoms with Crippen molar-refractivity contribution in [3.8, 4) is 0 Å². The Hall–Kier alpha value is 0.270. The van der Waals surface area contributed by atoms with E-state index >= 15 is 0 Å². The van der Waals surface area contributed by atoms with Gasteiger partial charge in [-0.25, -0.2) is 0 Å². The van der Waals surface area contributed by atoms with Gasteiger partial charge >= 0.3 is 0 Å². The molecule has 0 aliphatic rings. The summed E-state index contributed by atoms with van der Waals surface area (Å²) >= 11 is 1.79. The van der Waals surface area contributed by atoms with Gasteiger partial charge in [0.15, 0.2) is 0 Å². The lowest BCUT2D eigenvalue weighted by atomic mass is 10.3. The molecule has 0 radical (unpaired) electrons. The lowest BCUT2D eigenvalue weighted by molar-refractivity contribution is 0.141. The topological polar surface area (TPSA) is 35.2 Å². The van der Waals surface area contributed by atoms with E-state index in [9.17, 15) is 0 Å². The second kappa shape index (κ2) is 7.38. The Balaban J connectivity index is 2.97. The molecule has 0 spiro atoms. The van der Waals surface area contributed by atoms with Crippen LogP contribution in [0.2, 0.25) is 0 Å². The molecule has 3 heteroatoms. The van der Waals surface area contributed by atoms with Gasteiger partial charge in [0.2, 0.25) is 0 Å². The number of thioether (sulfide) groups is 1. The van der Waals surface area contributed by atoms with Crippen molar-refractivity contribution in [2.24, 2.45) is 5.73 Å².